The van der Waals surface area contributed by atoms with Gasteiger partial charge in [0.1, 0.15) is 6.10 Å². The number of aromatic nitrogens is 1. The monoisotopic (exact) mass is 367 g/mol. The largest absolute Gasteiger partial charge is 0.419 e. The first-order valence-corrected chi connectivity index (χ1v) is 8.27. The number of thiophene rings is 1. The molecule has 6 heteroatoms. The fraction of sp³-hybridized carbons (Fsp3) is 0.267. The molecule has 2 aromatic heterocycles. The van der Waals surface area contributed by atoms with Crippen molar-refractivity contribution in [3.8, 4) is 0 Å². The molecular formula is C15H14BrNO3S. The van der Waals surface area contributed by atoms with Gasteiger partial charge >= 0.3 is 5.76 Å². The van der Waals surface area contributed by atoms with Gasteiger partial charge in [-0.05, 0) is 52.2 Å². The van der Waals surface area contributed by atoms with Crippen LogP contribution in [0.5, 0.6) is 0 Å². The Morgan fingerprint density at radius 1 is 1.38 bits per heavy atom. The van der Waals surface area contributed by atoms with E-state index in [9.17, 15) is 9.90 Å². The first-order valence-electron chi connectivity index (χ1n) is 6.66. The Kier molecular flexibility index (Phi) is 4.01. The third-order valence-corrected chi connectivity index (χ3v) is 4.99. The minimum Gasteiger partial charge on any atom is -0.408 e. The molecule has 0 aliphatic rings. The Bertz CT molecular complexity index is 833. The van der Waals surface area contributed by atoms with Crippen LogP contribution < -0.4 is 5.76 Å². The summed E-state index contributed by atoms with van der Waals surface area (Å²) >= 11 is 4.87. The van der Waals surface area contributed by atoms with Gasteiger partial charge < -0.3 is 9.52 Å². The van der Waals surface area contributed by atoms with E-state index in [4.69, 9.17) is 4.42 Å². The van der Waals surface area contributed by atoms with E-state index in [1.165, 1.54) is 11.3 Å². The predicted molar refractivity (Wildman–Crippen MR) is 86.8 cm³/mol. The highest BCUT2D eigenvalue weighted by atomic mass is 79.9. The minimum absolute atomic E-state index is 0.350. The lowest BCUT2D eigenvalue weighted by Crippen LogP contribution is -2.13. The van der Waals surface area contributed by atoms with Gasteiger partial charge in [-0.1, -0.05) is 13.0 Å². The number of benzene rings is 1. The van der Waals surface area contributed by atoms with Gasteiger partial charge in [-0.15, -0.1) is 11.3 Å². The quantitative estimate of drug-likeness (QED) is 0.760. The molecule has 0 spiro atoms. The van der Waals surface area contributed by atoms with E-state index in [2.05, 4.69) is 15.9 Å². The molecular weight excluding hydrogens is 354 g/mol. The zero-order valence-electron chi connectivity index (χ0n) is 11.4. The fourth-order valence-electron chi connectivity index (χ4n) is 2.33. The van der Waals surface area contributed by atoms with Crippen molar-refractivity contribution in [1.29, 1.82) is 0 Å². The number of hydrogen-bond donors (Lipinski definition) is 1. The van der Waals surface area contributed by atoms with E-state index < -0.39 is 6.10 Å². The average molecular weight is 368 g/mol. The second kappa shape index (κ2) is 5.79. The summed E-state index contributed by atoms with van der Waals surface area (Å²) in [5.41, 5.74) is 2.00. The Balaban J connectivity index is 2.03. The van der Waals surface area contributed by atoms with Crippen molar-refractivity contribution in [2.45, 2.75) is 26.0 Å². The zero-order valence-corrected chi connectivity index (χ0v) is 13.8. The molecule has 0 saturated heterocycles. The van der Waals surface area contributed by atoms with Gasteiger partial charge in [-0.2, -0.15) is 0 Å². The van der Waals surface area contributed by atoms with Crippen LogP contribution in [0.2, 0.25) is 0 Å². The topological polar surface area (TPSA) is 55.4 Å². The van der Waals surface area contributed by atoms with Crippen LogP contribution in [0.4, 0.5) is 0 Å². The molecule has 0 aliphatic carbocycles. The van der Waals surface area contributed by atoms with E-state index in [-0.39, 0.29) is 5.76 Å². The maximum absolute atomic E-state index is 11.8. The van der Waals surface area contributed by atoms with Gasteiger partial charge in [-0.3, -0.25) is 4.57 Å². The van der Waals surface area contributed by atoms with Gasteiger partial charge in [0.2, 0.25) is 0 Å². The molecule has 3 rings (SSSR count). The summed E-state index contributed by atoms with van der Waals surface area (Å²) in [4.78, 5) is 12.7. The standard InChI is InChI=1S/C15H14BrNO3S/c1-2-7-17-10-4-3-9(8-11(10)20-15(17)19)14(18)12-5-6-13(16)21-12/h3-6,8,14,18H,2,7H2,1H3. The first-order chi connectivity index (χ1) is 10.1. The molecule has 3 aromatic rings. The van der Waals surface area contributed by atoms with Gasteiger partial charge in [0.25, 0.3) is 0 Å². The van der Waals surface area contributed by atoms with Crippen molar-refractivity contribution >= 4 is 38.4 Å². The van der Waals surface area contributed by atoms with Crippen molar-refractivity contribution in [3.05, 3.63) is 55.1 Å². The molecule has 1 aromatic carbocycles. The van der Waals surface area contributed by atoms with Gasteiger partial charge in [0.15, 0.2) is 5.58 Å². The molecule has 1 atom stereocenters. The lowest BCUT2D eigenvalue weighted by molar-refractivity contribution is 0.224. The Morgan fingerprint density at radius 2 is 2.19 bits per heavy atom. The summed E-state index contributed by atoms with van der Waals surface area (Å²) in [7, 11) is 0. The van der Waals surface area contributed by atoms with Gasteiger partial charge in [0.05, 0.1) is 9.30 Å². The Labute approximate surface area is 133 Å². The maximum atomic E-state index is 11.8. The van der Waals surface area contributed by atoms with Crippen molar-refractivity contribution in [3.63, 3.8) is 0 Å². The molecule has 110 valence electrons. The van der Waals surface area contributed by atoms with E-state index in [1.54, 1.807) is 10.6 Å². The number of hydrogen-bond acceptors (Lipinski definition) is 4. The lowest BCUT2D eigenvalue weighted by Gasteiger charge is -2.08. The third kappa shape index (κ3) is 2.71. The number of aliphatic hydroxyl groups excluding tert-OH is 1. The van der Waals surface area contributed by atoms with Crippen LogP contribution in [0.15, 0.2) is 43.3 Å². The minimum atomic E-state index is -0.717. The molecule has 2 heterocycles. The van der Waals surface area contributed by atoms with Gasteiger partial charge in [-0.25, -0.2) is 4.79 Å². The molecule has 0 fully saturated rings. The summed E-state index contributed by atoms with van der Waals surface area (Å²) in [5.74, 6) is -0.350. The van der Waals surface area contributed by atoms with Crippen molar-refractivity contribution in [2.75, 3.05) is 0 Å². The number of oxazole rings is 1. The van der Waals surface area contributed by atoms with Crippen LogP contribution in [-0.4, -0.2) is 9.67 Å². The van der Waals surface area contributed by atoms with Crippen molar-refractivity contribution in [2.24, 2.45) is 0 Å². The molecule has 1 N–H and O–H groups in total. The molecule has 21 heavy (non-hydrogen) atoms. The molecule has 0 radical (unpaired) electrons. The van der Waals surface area contributed by atoms with Crippen LogP contribution in [0.1, 0.15) is 29.9 Å². The van der Waals surface area contributed by atoms with E-state index >= 15 is 0 Å². The molecule has 0 saturated carbocycles. The summed E-state index contributed by atoms with van der Waals surface area (Å²) in [6.07, 6.45) is 0.146. The van der Waals surface area contributed by atoms with Crippen molar-refractivity contribution in [1.82, 2.24) is 4.57 Å². The smallest absolute Gasteiger partial charge is 0.408 e. The van der Waals surface area contributed by atoms with Crippen LogP contribution in [-0.2, 0) is 6.54 Å². The van der Waals surface area contributed by atoms with Crippen LogP contribution in [0.3, 0.4) is 0 Å². The van der Waals surface area contributed by atoms with E-state index in [0.717, 1.165) is 20.6 Å². The van der Waals surface area contributed by atoms with Crippen LogP contribution in [0.25, 0.3) is 11.1 Å². The first kappa shape index (κ1) is 14.6. The molecule has 1 unspecified atom stereocenters. The number of fused-ring (bicyclic) bond motifs is 1. The zero-order chi connectivity index (χ0) is 15.0. The summed E-state index contributed by atoms with van der Waals surface area (Å²) < 4.78 is 7.86. The predicted octanol–water partition coefficient (Wildman–Crippen LogP) is 3.91. The highest BCUT2D eigenvalue weighted by Gasteiger charge is 2.16. The molecule has 0 amide bonds. The average Bonchev–Trinajstić information content (AvgIpc) is 3.02. The van der Waals surface area contributed by atoms with E-state index in [0.29, 0.717) is 17.7 Å². The highest BCUT2D eigenvalue weighted by molar-refractivity contribution is 9.11. The number of rotatable bonds is 4. The molecule has 4 nitrogen and oxygen atoms in total. The van der Waals surface area contributed by atoms with Crippen LogP contribution >= 0.6 is 27.3 Å². The number of nitrogens with zero attached hydrogens (tertiary/aromatic N) is 1. The lowest BCUT2D eigenvalue weighted by atomic mass is 10.1. The number of aliphatic hydroxyl groups is 1. The fourth-order valence-corrected chi connectivity index (χ4v) is 3.77. The normalized spacial score (nSPS) is 12.9. The Morgan fingerprint density at radius 3 is 2.86 bits per heavy atom. The summed E-state index contributed by atoms with van der Waals surface area (Å²) in [6.45, 7) is 2.64. The second-order valence-corrected chi connectivity index (χ2v) is 7.29. The maximum Gasteiger partial charge on any atom is 0.419 e. The van der Waals surface area contributed by atoms with Gasteiger partial charge in [0, 0.05) is 11.4 Å². The molecule has 0 bridgehead atoms. The van der Waals surface area contributed by atoms with E-state index in [1.807, 2.05) is 31.2 Å². The third-order valence-electron chi connectivity index (χ3n) is 3.32. The summed E-state index contributed by atoms with van der Waals surface area (Å²) in [6, 6.07) is 9.18. The SMILES string of the molecule is CCCn1c(=O)oc2cc(C(O)c3ccc(Br)s3)ccc21. The number of halogens is 1. The van der Waals surface area contributed by atoms with Crippen molar-refractivity contribution < 1.29 is 9.52 Å². The summed E-state index contributed by atoms with van der Waals surface area (Å²) in [5, 5.41) is 10.4. The van der Waals surface area contributed by atoms with Crippen LogP contribution in [0, 0.1) is 0 Å². The number of aryl methyl sites for hydroxylation is 1. The Hall–Kier alpha value is -1.37. The highest BCUT2D eigenvalue weighted by Crippen LogP contribution is 2.32. The second-order valence-electron chi connectivity index (χ2n) is 4.79. The molecule has 0 aliphatic heterocycles.